The van der Waals surface area contributed by atoms with Gasteiger partial charge >= 0.3 is 0 Å². The first kappa shape index (κ1) is 21.5. The van der Waals surface area contributed by atoms with Crippen LogP contribution in [-0.4, -0.2) is 26.7 Å². The van der Waals surface area contributed by atoms with Gasteiger partial charge in [-0.05, 0) is 31.5 Å². The number of H-pyrrole nitrogens is 2. The predicted molar refractivity (Wildman–Crippen MR) is 122 cm³/mol. The molecular formula is C20H21Cl2N5OS. The fraction of sp³-hybridized carbons (Fsp3) is 0.250. The third kappa shape index (κ3) is 3.83. The second kappa shape index (κ2) is 8.67. The SMILES string of the molecule is Cc1[nH]ncc1-c1cc2nc([C@@H]3NCC[C@@H]3c3ccccc3)[nH]c(=O)c2s1.Cl.Cl. The van der Waals surface area contributed by atoms with Crippen molar-refractivity contribution in [2.24, 2.45) is 0 Å². The Balaban J connectivity index is 0.00000120. The maximum Gasteiger partial charge on any atom is 0.268 e. The highest BCUT2D eigenvalue weighted by Crippen LogP contribution is 2.37. The average molecular weight is 450 g/mol. The molecule has 1 saturated heterocycles. The van der Waals surface area contributed by atoms with Crippen LogP contribution in [-0.2, 0) is 0 Å². The first-order valence-electron chi connectivity index (χ1n) is 9.03. The fourth-order valence-electron chi connectivity index (χ4n) is 3.89. The summed E-state index contributed by atoms with van der Waals surface area (Å²) in [6, 6.07) is 12.4. The molecule has 4 heterocycles. The van der Waals surface area contributed by atoms with E-state index in [4.69, 9.17) is 4.98 Å². The second-order valence-corrected chi connectivity index (χ2v) is 7.97. The predicted octanol–water partition coefficient (Wildman–Crippen LogP) is 4.34. The summed E-state index contributed by atoms with van der Waals surface area (Å²) in [6.45, 7) is 2.89. The molecular weight excluding hydrogens is 429 g/mol. The molecule has 0 bridgehead atoms. The van der Waals surface area contributed by atoms with Crippen molar-refractivity contribution in [1.29, 1.82) is 0 Å². The van der Waals surface area contributed by atoms with Gasteiger partial charge < -0.3 is 10.3 Å². The number of nitrogens with zero attached hydrogens (tertiary/aromatic N) is 2. The van der Waals surface area contributed by atoms with Crippen LogP contribution in [0.2, 0.25) is 0 Å². The minimum absolute atomic E-state index is 0. The Hall–Kier alpha value is -2.19. The number of rotatable bonds is 3. The van der Waals surface area contributed by atoms with E-state index in [2.05, 4.69) is 44.8 Å². The van der Waals surface area contributed by atoms with Gasteiger partial charge in [0.25, 0.3) is 5.56 Å². The third-order valence-electron chi connectivity index (χ3n) is 5.24. The topological polar surface area (TPSA) is 86.5 Å². The molecule has 0 aliphatic carbocycles. The molecule has 1 fully saturated rings. The van der Waals surface area contributed by atoms with Crippen molar-refractivity contribution in [3.8, 4) is 10.4 Å². The molecule has 0 spiro atoms. The molecule has 6 nitrogen and oxygen atoms in total. The molecule has 0 radical (unpaired) electrons. The van der Waals surface area contributed by atoms with Gasteiger partial charge in [-0.1, -0.05) is 30.3 Å². The molecule has 29 heavy (non-hydrogen) atoms. The number of thiophene rings is 1. The lowest BCUT2D eigenvalue weighted by molar-refractivity contribution is 0.546. The van der Waals surface area contributed by atoms with Crippen molar-refractivity contribution < 1.29 is 0 Å². The Kier molecular flexibility index (Phi) is 6.43. The van der Waals surface area contributed by atoms with E-state index in [1.165, 1.54) is 16.9 Å². The number of hydrogen-bond donors (Lipinski definition) is 3. The van der Waals surface area contributed by atoms with Crippen LogP contribution in [0.4, 0.5) is 0 Å². The van der Waals surface area contributed by atoms with Crippen molar-refractivity contribution in [2.75, 3.05) is 6.54 Å². The van der Waals surface area contributed by atoms with Crippen LogP contribution in [0.25, 0.3) is 20.7 Å². The third-order valence-corrected chi connectivity index (χ3v) is 6.40. The van der Waals surface area contributed by atoms with Crippen LogP contribution in [0.5, 0.6) is 0 Å². The maximum absolute atomic E-state index is 12.7. The smallest absolute Gasteiger partial charge is 0.268 e. The Bertz CT molecular complexity index is 1170. The van der Waals surface area contributed by atoms with Gasteiger partial charge in [0.2, 0.25) is 0 Å². The van der Waals surface area contributed by atoms with E-state index in [0.29, 0.717) is 16.4 Å². The molecule has 2 atom stereocenters. The first-order valence-corrected chi connectivity index (χ1v) is 9.85. The lowest BCUT2D eigenvalue weighted by Crippen LogP contribution is -2.23. The zero-order valence-corrected chi connectivity index (χ0v) is 18.1. The van der Waals surface area contributed by atoms with E-state index in [1.54, 1.807) is 6.20 Å². The lowest BCUT2D eigenvalue weighted by atomic mass is 9.91. The summed E-state index contributed by atoms with van der Waals surface area (Å²) in [5, 5.41) is 10.5. The minimum Gasteiger partial charge on any atom is -0.308 e. The van der Waals surface area contributed by atoms with E-state index in [1.807, 2.05) is 19.1 Å². The van der Waals surface area contributed by atoms with Gasteiger partial charge in [0, 0.05) is 22.1 Å². The number of aryl methyl sites for hydroxylation is 1. The first-order chi connectivity index (χ1) is 13.2. The molecule has 0 unspecified atom stereocenters. The van der Waals surface area contributed by atoms with Crippen molar-refractivity contribution in [3.63, 3.8) is 0 Å². The van der Waals surface area contributed by atoms with E-state index < -0.39 is 0 Å². The largest absolute Gasteiger partial charge is 0.308 e. The molecule has 3 aromatic heterocycles. The molecule has 1 aromatic carbocycles. The normalized spacial score (nSPS) is 18.4. The van der Waals surface area contributed by atoms with Gasteiger partial charge in [-0.3, -0.25) is 9.89 Å². The Morgan fingerprint density at radius 2 is 1.97 bits per heavy atom. The van der Waals surface area contributed by atoms with E-state index >= 15 is 0 Å². The van der Waals surface area contributed by atoms with Gasteiger partial charge in [-0.15, -0.1) is 36.2 Å². The van der Waals surface area contributed by atoms with Crippen LogP contribution in [0.15, 0.2) is 47.4 Å². The van der Waals surface area contributed by atoms with Crippen molar-refractivity contribution in [2.45, 2.75) is 25.3 Å². The van der Waals surface area contributed by atoms with Crippen molar-refractivity contribution in [3.05, 3.63) is 70.0 Å². The number of nitrogens with one attached hydrogen (secondary N) is 3. The van der Waals surface area contributed by atoms with Gasteiger partial charge in [-0.2, -0.15) is 5.10 Å². The van der Waals surface area contributed by atoms with Gasteiger partial charge in [-0.25, -0.2) is 4.98 Å². The molecule has 1 aliphatic rings. The number of aromatic nitrogens is 4. The van der Waals surface area contributed by atoms with Crippen LogP contribution in [0.3, 0.4) is 0 Å². The number of aromatic amines is 2. The summed E-state index contributed by atoms with van der Waals surface area (Å²) in [4.78, 5) is 21.6. The Labute approximate surface area is 184 Å². The van der Waals surface area contributed by atoms with E-state index in [0.717, 1.165) is 34.6 Å². The van der Waals surface area contributed by atoms with Crippen LogP contribution < -0.4 is 10.9 Å². The number of halogens is 2. The fourth-order valence-corrected chi connectivity index (χ4v) is 4.95. The lowest BCUT2D eigenvalue weighted by Gasteiger charge is -2.19. The average Bonchev–Trinajstić information content (AvgIpc) is 3.41. The summed E-state index contributed by atoms with van der Waals surface area (Å²) < 4.78 is 0.656. The molecule has 9 heteroatoms. The molecule has 5 rings (SSSR count). The maximum atomic E-state index is 12.7. The van der Waals surface area contributed by atoms with Gasteiger partial charge in [0.15, 0.2) is 0 Å². The van der Waals surface area contributed by atoms with Crippen LogP contribution in [0, 0.1) is 6.92 Å². The number of hydrogen-bond acceptors (Lipinski definition) is 5. The molecule has 0 saturated carbocycles. The van der Waals surface area contributed by atoms with E-state index in [9.17, 15) is 4.79 Å². The molecule has 3 N–H and O–H groups in total. The number of fused-ring (bicyclic) bond motifs is 1. The van der Waals surface area contributed by atoms with Gasteiger partial charge in [0.05, 0.1) is 17.8 Å². The molecule has 0 amide bonds. The standard InChI is InChI=1S/C20H19N5OS.2ClH/c1-11-14(10-22-25-11)16-9-15-18(27-16)20(26)24-19(23-15)17-13(7-8-21-17)12-5-3-2-4-6-12;;/h2-6,9-10,13,17,21H,7-8H2,1H3,(H,22,25)(H,23,24,26);2*1H/t13-,17-;;/m1../s1. The van der Waals surface area contributed by atoms with E-state index in [-0.39, 0.29) is 36.4 Å². The minimum atomic E-state index is -0.0760. The molecule has 1 aliphatic heterocycles. The highest BCUT2D eigenvalue weighted by Gasteiger charge is 2.31. The van der Waals surface area contributed by atoms with Crippen molar-refractivity contribution in [1.82, 2.24) is 25.5 Å². The highest BCUT2D eigenvalue weighted by atomic mass is 35.5. The summed E-state index contributed by atoms with van der Waals surface area (Å²) in [6.07, 6.45) is 2.82. The molecule has 152 valence electrons. The highest BCUT2D eigenvalue weighted by molar-refractivity contribution is 7.22. The van der Waals surface area contributed by atoms with Crippen LogP contribution in [0.1, 0.15) is 35.5 Å². The summed E-state index contributed by atoms with van der Waals surface area (Å²) >= 11 is 1.46. The Morgan fingerprint density at radius 3 is 2.69 bits per heavy atom. The quantitative estimate of drug-likeness (QED) is 0.433. The zero-order valence-electron chi connectivity index (χ0n) is 15.6. The summed E-state index contributed by atoms with van der Waals surface area (Å²) in [5.74, 6) is 1.02. The molecule has 4 aromatic rings. The van der Waals surface area contributed by atoms with Crippen LogP contribution >= 0.6 is 36.2 Å². The second-order valence-electron chi connectivity index (χ2n) is 6.92. The Morgan fingerprint density at radius 1 is 1.17 bits per heavy atom. The zero-order chi connectivity index (χ0) is 18.4. The summed E-state index contributed by atoms with van der Waals surface area (Å²) in [7, 11) is 0. The number of benzene rings is 1. The summed E-state index contributed by atoms with van der Waals surface area (Å²) in [5.41, 5.74) is 3.94. The monoisotopic (exact) mass is 449 g/mol. The van der Waals surface area contributed by atoms with Gasteiger partial charge in [0.1, 0.15) is 10.5 Å². The van der Waals surface area contributed by atoms with Crippen molar-refractivity contribution >= 4 is 46.4 Å².